The Kier molecular flexibility index (Phi) is 5.57. The second kappa shape index (κ2) is 7.91. The smallest absolute Gasteiger partial charge is 0.251 e. The summed E-state index contributed by atoms with van der Waals surface area (Å²) in [6.45, 7) is 0.334. The standard InChI is InChI=1S/C19H19N3O5S/c20-28(26,27)16-3-1-2-14(10-16)11-21-19(25)15-6-4-13(5-7-15)12-22-17(23)8-9-18(22)24/h1-7,10H,8-9,11-12H2,(H,21,25)(H2,20,26,27). The largest absolute Gasteiger partial charge is 0.348 e. The number of hydrogen-bond donors (Lipinski definition) is 2. The molecular weight excluding hydrogens is 382 g/mol. The van der Waals surface area contributed by atoms with Gasteiger partial charge in [0.05, 0.1) is 11.4 Å². The molecule has 3 rings (SSSR count). The van der Waals surface area contributed by atoms with Gasteiger partial charge in [0.15, 0.2) is 0 Å². The molecule has 1 fully saturated rings. The molecule has 0 bridgehead atoms. The molecule has 9 heteroatoms. The van der Waals surface area contributed by atoms with Gasteiger partial charge in [0.2, 0.25) is 21.8 Å². The predicted octanol–water partition coefficient (Wildman–Crippen LogP) is 0.913. The van der Waals surface area contributed by atoms with Crippen LogP contribution in [0.25, 0.3) is 0 Å². The Bertz CT molecular complexity index is 1020. The minimum absolute atomic E-state index is 0.0189. The molecule has 0 atom stereocenters. The maximum absolute atomic E-state index is 12.3. The van der Waals surface area contributed by atoms with Crippen LogP contribution in [0.3, 0.4) is 0 Å². The van der Waals surface area contributed by atoms with Gasteiger partial charge in [0.25, 0.3) is 5.91 Å². The Morgan fingerprint density at radius 3 is 2.25 bits per heavy atom. The molecule has 3 N–H and O–H groups in total. The summed E-state index contributed by atoms with van der Waals surface area (Å²) in [4.78, 5) is 36.8. The van der Waals surface area contributed by atoms with Crippen LogP contribution in [-0.4, -0.2) is 31.0 Å². The third-order valence-electron chi connectivity index (χ3n) is 4.39. The monoisotopic (exact) mass is 401 g/mol. The fourth-order valence-electron chi connectivity index (χ4n) is 2.86. The molecule has 0 radical (unpaired) electrons. The highest BCUT2D eigenvalue weighted by Gasteiger charge is 2.28. The van der Waals surface area contributed by atoms with Crippen LogP contribution in [-0.2, 0) is 32.7 Å². The van der Waals surface area contributed by atoms with E-state index in [4.69, 9.17) is 5.14 Å². The molecule has 0 saturated carbocycles. The number of imide groups is 1. The summed E-state index contributed by atoms with van der Waals surface area (Å²) in [6, 6.07) is 12.6. The number of carbonyl (C=O) groups is 3. The molecule has 28 heavy (non-hydrogen) atoms. The Labute approximate surface area is 162 Å². The Morgan fingerprint density at radius 2 is 1.64 bits per heavy atom. The Morgan fingerprint density at radius 1 is 1.00 bits per heavy atom. The first-order valence-corrected chi connectivity index (χ1v) is 10.1. The van der Waals surface area contributed by atoms with E-state index in [0.29, 0.717) is 11.1 Å². The topological polar surface area (TPSA) is 127 Å². The minimum atomic E-state index is -3.80. The van der Waals surface area contributed by atoms with Gasteiger partial charge < -0.3 is 5.32 Å². The van der Waals surface area contributed by atoms with Gasteiger partial charge >= 0.3 is 0 Å². The van der Waals surface area contributed by atoms with Crippen LogP contribution in [0, 0.1) is 0 Å². The van der Waals surface area contributed by atoms with Gasteiger partial charge in [0.1, 0.15) is 0 Å². The zero-order valence-corrected chi connectivity index (χ0v) is 15.7. The number of nitrogens with one attached hydrogen (secondary N) is 1. The van der Waals surface area contributed by atoms with Crippen molar-refractivity contribution in [3.05, 3.63) is 65.2 Å². The summed E-state index contributed by atoms with van der Waals surface area (Å²) in [7, 11) is -3.80. The first-order valence-electron chi connectivity index (χ1n) is 8.56. The molecular formula is C19H19N3O5S. The van der Waals surface area contributed by atoms with Gasteiger partial charge in [-0.25, -0.2) is 13.6 Å². The van der Waals surface area contributed by atoms with Gasteiger partial charge in [-0.2, -0.15) is 0 Å². The number of likely N-dealkylation sites (tertiary alicyclic amines) is 1. The summed E-state index contributed by atoms with van der Waals surface area (Å²) in [5.41, 5.74) is 1.76. The zero-order valence-electron chi connectivity index (χ0n) is 14.9. The first-order chi connectivity index (χ1) is 13.2. The van der Waals surface area contributed by atoms with Crippen LogP contribution in [0.2, 0.25) is 0 Å². The molecule has 1 heterocycles. The highest BCUT2D eigenvalue weighted by Crippen LogP contribution is 2.16. The minimum Gasteiger partial charge on any atom is -0.348 e. The summed E-state index contributed by atoms with van der Waals surface area (Å²) in [5.74, 6) is -0.706. The van der Waals surface area contributed by atoms with E-state index >= 15 is 0 Å². The molecule has 1 saturated heterocycles. The molecule has 0 unspecified atom stereocenters. The maximum Gasteiger partial charge on any atom is 0.251 e. The van der Waals surface area contributed by atoms with Crippen molar-refractivity contribution in [1.82, 2.24) is 10.2 Å². The van der Waals surface area contributed by atoms with Gasteiger partial charge in [-0.15, -0.1) is 0 Å². The third kappa shape index (κ3) is 4.62. The number of carbonyl (C=O) groups excluding carboxylic acids is 3. The number of nitrogens with two attached hydrogens (primary N) is 1. The number of sulfonamides is 1. The summed E-state index contributed by atoms with van der Waals surface area (Å²) in [6.07, 6.45) is 0.484. The van der Waals surface area contributed by atoms with Crippen molar-refractivity contribution in [2.75, 3.05) is 0 Å². The lowest BCUT2D eigenvalue weighted by atomic mass is 10.1. The molecule has 2 aromatic carbocycles. The highest BCUT2D eigenvalue weighted by molar-refractivity contribution is 7.89. The van der Waals surface area contributed by atoms with Crippen LogP contribution in [0.5, 0.6) is 0 Å². The van der Waals surface area contributed by atoms with Gasteiger partial charge in [-0.05, 0) is 35.4 Å². The number of benzene rings is 2. The van der Waals surface area contributed by atoms with E-state index in [1.165, 1.54) is 17.0 Å². The molecule has 3 amide bonds. The molecule has 0 spiro atoms. The average Bonchev–Trinajstić information content (AvgIpc) is 2.98. The lowest BCUT2D eigenvalue weighted by molar-refractivity contribution is -0.139. The van der Waals surface area contributed by atoms with Crippen molar-refractivity contribution >= 4 is 27.7 Å². The molecule has 146 valence electrons. The van der Waals surface area contributed by atoms with Crippen LogP contribution in [0.4, 0.5) is 0 Å². The van der Waals surface area contributed by atoms with Crippen molar-refractivity contribution in [3.63, 3.8) is 0 Å². The van der Waals surface area contributed by atoms with Crippen molar-refractivity contribution < 1.29 is 22.8 Å². The second-order valence-electron chi connectivity index (χ2n) is 6.45. The average molecular weight is 401 g/mol. The number of nitrogens with zero attached hydrogens (tertiary/aromatic N) is 1. The van der Waals surface area contributed by atoms with Crippen LogP contribution in [0.15, 0.2) is 53.4 Å². The lowest BCUT2D eigenvalue weighted by Gasteiger charge is -2.14. The van der Waals surface area contributed by atoms with E-state index in [9.17, 15) is 22.8 Å². The second-order valence-corrected chi connectivity index (χ2v) is 8.01. The van der Waals surface area contributed by atoms with Crippen molar-refractivity contribution in [2.24, 2.45) is 5.14 Å². The van der Waals surface area contributed by atoms with E-state index in [1.54, 1.807) is 36.4 Å². The van der Waals surface area contributed by atoms with E-state index in [-0.39, 0.29) is 48.5 Å². The van der Waals surface area contributed by atoms with Crippen molar-refractivity contribution in [1.29, 1.82) is 0 Å². The maximum atomic E-state index is 12.3. The van der Waals surface area contributed by atoms with E-state index in [1.807, 2.05) is 0 Å². The zero-order chi connectivity index (χ0) is 20.3. The molecule has 0 aromatic heterocycles. The molecule has 1 aliphatic heterocycles. The van der Waals surface area contributed by atoms with E-state index in [2.05, 4.69) is 5.32 Å². The third-order valence-corrected chi connectivity index (χ3v) is 5.30. The van der Waals surface area contributed by atoms with Crippen molar-refractivity contribution in [2.45, 2.75) is 30.8 Å². The normalized spacial score (nSPS) is 14.4. The van der Waals surface area contributed by atoms with Crippen LogP contribution < -0.4 is 10.5 Å². The lowest BCUT2D eigenvalue weighted by Crippen LogP contribution is -2.28. The van der Waals surface area contributed by atoms with Gasteiger partial charge in [-0.3, -0.25) is 19.3 Å². The van der Waals surface area contributed by atoms with Gasteiger partial charge in [-0.1, -0.05) is 24.3 Å². The molecule has 8 nitrogen and oxygen atoms in total. The number of amides is 3. The van der Waals surface area contributed by atoms with Gasteiger partial charge in [0, 0.05) is 24.9 Å². The van der Waals surface area contributed by atoms with Crippen molar-refractivity contribution in [3.8, 4) is 0 Å². The Hall–Kier alpha value is -3.04. The molecule has 1 aliphatic rings. The number of hydrogen-bond acceptors (Lipinski definition) is 5. The first kappa shape index (κ1) is 19.7. The molecule has 0 aliphatic carbocycles. The van der Waals surface area contributed by atoms with E-state index < -0.39 is 10.0 Å². The summed E-state index contributed by atoms with van der Waals surface area (Å²) >= 11 is 0. The summed E-state index contributed by atoms with van der Waals surface area (Å²) in [5, 5.41) is 7.81. The Balaban J connectivity index is 1.61. The predicted molar refractivity (Wildman–Crippen MR) is 100 cm³/mol. The van der Waals surface area contributed by atoms with Crippen LogP contribution >= 0.6 is 0 Å². The van der Waals surface area contributed by atoms with E-state index in [0.717, 1.165) is 5.56 Å². The SMILES string of the molecule is NS(=O)(=O)c1cccc(CNC(=O)c2ccc(CN3C(=O)CCC3=O)cc2)c1. The number of primary sulfonamides is 1. The number of rotatable bonds is 6. The highest BCUT2D eigenvalue weighted by atomic mass is 32.2. The van der Waals surface area contributed by atoms with Crippen LogP contribution in [0.1, 0.15) is 34.3 Å². The quantitative estimate of drug-likeness (QED) is 0.696. The fraction of sp³-hybridized carbons (Fsp3) is 0.211. The summed E-state index contributed by atoms with van der Waals surface area (Å²) < 4.78 is 22.8. The molecule has 2 aromatic rings. The fourth-order valence-corrected chi connectivity index (χ4v) is 3.44.